The lowest BCUT2D eigenvalue weighted by molar-refractivity contribution is -0.144. The van der Waals surface area contributed by atoms with Crippen LogP contribution in [0.4, 0.5) is 5.13 Å². The normalized spacial score (nSPS) is 12.5. The van der Waals surface area contributed by atoms with Crippen molar-refractivity contribution in [1.29, 1.82) is 0 Å². The summed E-state index contributed by atoms with van der Waals surface area (Å²) in [5.74, 6) is -1.00. The molecule has 16 heavy (non-hydrogen) atoms. The summed E-state index contributed by atoms with van der Waals surface area (Å²) in [6.45, 7) is 3.02. The van der Waals surface area contributed by atoms with Crippen LogP contribution in [-0.2, 0) is 9.59 Å². The molecule has 0 unspecified atom stereocenters. The summed E-state index contributed by atoms with van der Waals surface area (Å²) in [6, 6.07) is 0. The lowest BCUT2D eigenvalue weighted by Crippen LogP contribution is -2.21. The number of rotatable bonds is 4. The largest absolute Gasteiger partial charge is 0.481 e. The molecule has 1 heterocycles. The average molecular weight is 240 g/mol. The molecule has 1 aromatic rings. The zero-order valence-corrected chi connectivity index (χ0v) is 9.75. The van der Waals surface area contributed by atoms with E-state index in [9.17, 15) is 9.59 Å². The van der Waals surface area contributed by atoms with Gasteiger partial charge in [-0.25, -0.2) is 4.98 Å². The van der Waals surface area contributed by atoms with Gasteiger partial charge in [-0.2, -0.15) is 0 Å². The Morgan fingerprint density at radius 1 is 1.62 bits per heavy atom. The number of anilines is 1. The van der Waals surface area contributed by atoms with Gasteiger partial charge < -0.3 is 10.8 Å². The Labute approximate surface area is 96.6 Å². The number of nitrogens with two attached hydrogens (primary N) is 1. The van der Waals surface area contributed by atoms with Crippen LogP contribution in [0.5, 0.6) is 0 Å². The van der Waals surface area contributed by atoms with Crippen molar-refractivity contribution in [2.24, 2.45) is 5.41 Å². The van der Waals surface area contributed by atoms with Crippen LogP contribution < -0.4 is 5.73 Å². The summed E-state index contributed by atoms with van der Waals surface area (Å²) in [4.78, 5) is 25.7. The fraction of sp³-hybridized carbons (Fsp3) is 0.300. The van der Waals surface area contributed by atoms with Gasteiger partial charge in [0.25, 0.3) is 0 Å². The highest BCUT2D eigenvalue weighted by Gasteiger charge is 2.25. The first-order valence-electron chi connectivity index (χ1n) is 4.49. The van der Waals surface area contributed by atoms with Crippen LogP contribution in [0.1, 0.15) is 19.5 Å². The van der Waals surface area contributed by atoms with Crippen molar-refractivity contribution in [2.75, 3.05) is 5.73 Å². The third kappa shape index (κ3) is 2.66. The minimum absolute atomic E-state index is 0.236. The van der Waals surface area contributed by atoms with Gasteiger partial charge in [0.2, 0.25) is 0 Å². The van der Waals surface area contributed by atoms with E-state index in [2.05, 4.69) is 4.98 Å². The number of carbonyl (C=O) groups is 2. The second-order valence-electron chi connectivity index (χ2n) is 3.82. The number of carboxylic acids is 1. The molecule has 0 aliphatic carbocycles. The van der Waals surface area contributed by atoms with Crippen LogP contribution in [-0.4, -0.2) is 22.3 Å². The fourth-order valence-electron chi connectivity index (χ4n) is 1.04. The highest BCUT2D eigenvalue weighted by atomic mass is 32.1. The standard InChI is InChI=1S/C10H12N2O3S/c1-10(2,8(14)15)3-6(4-13)7-5-16-9(11)12-7/h3-5H,1-2H3,(H2,11,12)(H,14,15). The van der Waals surface area contributed by atoms with E-state index < -0.39 is 11.4 Å². The molecule has 0 radical (unpaired) electrons. The van der Waals surface area contributed by atoms with E-state index in [1.165, 1.54) is 31.3 Å². The number of hydrogen-bond acceptors (Lipinski definition) is 5. The van der Waals surface area contributed by atoms with E-state index in [1.54, 1.807) is 5.38 Å². The van der Waals surface area contributed by atoms with Gasteiger partial charge in [0.15, 0.2) is 11.4 Å². The number of carboxylic acid groups (broad SMARTS) is 1. The molecule has 0 spiro atoms. The van der Waals surface area contributed by atoms with Crippen molar-refractivity contribution < 1.29 is 14.7 Å². The number of nitrogen functional groups attached to an aromatic ring is 1. The Balaban J connectivity index is 3.13. The maximum absolute atomic E-state index is 10.9. The number of aliphatic carboxylic acids is 1. The minimum Gasteiger partial charge on any atom is -0.481 e. The molecule has 0 bridgehead atoms. The molecule has 3 N–H and O–H groups in total. The highest BCUT2D eigenvalue weighted by molar-refractivity contribution is 7.13. The van der Waals surface area contributed by atoms with E-state index in [-0.39, 0.29) is 5.57 Å². The number of nitrogens with zero attached hydrogens (tertiary/aromatic N) is 1. The van der Waals surface area contributed by atoms with Gasteiger partial charge in [0.05, 0.1) is 11.1 Å². The van der Waals surface area contributed by atoms with E-state index in [4.69, 9.17) is 10.8 Å². The quantitative estimate of drug-likeness (QED) is 0.613. The van der Waals surface area contributed by atoms with Crippen LogP contribution in [0.3, 0.4) is 0 Å². The second-order valence-corrected chi connectivity index (χ2v) is 4.71. The number of hydrogen-bond donors (Lipinski definition) is 2. The number of aromatic nitrogens is 1. The average Bonchev–Trinajstić information content (AvgIpc) is 2.61. The van der Waals surface area contributed by atoms with E-state index >= 15 is 0 Å². The van der Waals surface area contributed by atoms with Gasteiger partial charge >= 0.3 is 5.97 Å². The molecule has 0 aliphatic rings. The van der Waals surface area contributed by atoms with Gasteiger partial charge in [0.1, 0.15) is 0 Å². The Morgan fingerprint density at radius 3 is 2.62 bits per heavy atom. The minimum atomic E-state index is -1.12. The number of aldehydes is 1. The summed E-state index contributed by atoms with van der Waals surface area (Å²) in [5, 5.41) is 10.9. The zero-order chi connectivity index (χ0) is 12.3. The molecule has 1 rings (SSSR count). The highest BCUT2D eigenvalue weighted by Crippen LogP contribution is 2.25. The van der Waals surface area contributed by atoms with Crippen molar-refractivity contribution in [3.05, 3.63) is 17.2 Å². The Bertz CT molecular complexity index is 449. The molecular formula is C10H12N2O3S. The van der Waals surface area contributed by atoms with Crippen LogP contribution in [0.15, 0.2) is 11.5 Å². The smallest absolute Gasteiger partial charge is 0.312 e. The Morgan fingerprint density at radius 2 is 2.25 bits per heavy atom. The molecule has 0 saturated heterocycles. The maximum atomic E-state index is 10.9. The molecule has 86 valence electrons. The first kappa shape index (κ1) is 12.4. The summed E-state index contributed by atoms with van der Waals surface area (Å²) < 4.78 is 0. The van der Waals surface area contributed by atoms with Gasteiger partial charge in [0, 0.05) is 11.0 Å². The summed E-state index contributed by atoms with van der Waals surface area (Å²) in [6.07, 6.45) is 1.95. The lowest BCUT2D eigenvalue weighted by Gasteiger charge is -2.14. The maximum Gasteiger partial charge on any atom is 0.312 e. The molecule has 0 saturated carbocycles. The fourth-order valence-corrected chi connectivity index (χ4v) is 1.61. The molecular weight excluding hydrogens is 228 g/mol. The van der Waals surface area contributed by atoms with E-state index in [1.807, 2.05) is 0 Å². The number of allylic oxidation sites excluding steroid dienone is 1. The molecule has 1 aromatic heterocycles. The molecule has 6 heteroatoms. The second kappa shape index (κ2) is 4.44. The molecule has 0 aliphatic heterocycles. The lowest BCUT2D eigenvalue weighted by atomic mass is 9.90. The topological polar surface area (TPSA) is 93.3 Å². The van der Waals surface area contributed by atoms with Crippen LogP contribution >= 0.6 is 11.3 Å². The first-order chi connectivity index (χ1) is 7.36. The van der Waals surface area contributed by atoms with Crippen molar-refractivity contribution in [3.8, 4) is 0 Å². The van der Waals surface area contributed by atoms with E-state index in [0.29, 0.717) is 17.1 Å². The number of carbonyl (C=O) groups excluding carboxylic acids is 1. The van der Waals surface area contributed by atoms with Gasteiger partial charge in [-0.3, -0.25) is 9.59 Å². The molecule has 0 amide bonds. The zero-order valence-electron chi connectivity index (χ0n) is 8.93. The van der Waals surface area contributed by atoms with Crippen molar-refractivity contribution >= 4 is 34.3 Å². The van der Waals surface area contributed by atoms with Crippen LogP contribution in [0.2, 0.25) is 0 Å². The van der Waals surface area contributed by atoms with Gasteiger partial charge in [-0.15, -0.1) is 11.3 Å². The predicted molar refractivity (Wildman–Crippen MR) is 62.0 cm³/mol. The molecule has 0 atom stereocenters. The van der Waals surface area contributed by atoms with Gasteiger partial charge in [-0.05, 0) is 13.8 Å². The monoisotopic (exact) mass is 240 g/mol. The molecule has 0 aromatic carbocycles. The van der Waals surface area contributed by atoms with E-state index in [0.717, 1.165) is 0 Å². The van der Waals surface area contributed by atoms with Crippen molar-refractivity contribution in [1.82, 2.24) is 4.98 Å². The SMILES string of the molecule is CC(C)(C=C(C=O)c1csc(N)n1)C(=O)O. The first-order valence-corrected chi connectivity index (χ1v) is 5.37. The van der Waals surface area contributed by atoms with Crippen molar-refractivity contribution in [3.63, 3.8) is 0 Å². The summed E-state index contributed by atoms with van der Waals surface area (Å²) >= 11 is 1.20. The van der Waals surface area contributed by atoms with Crippen LogP contribution in [0.25, 0.3) is 5.57 Å². The predicted octanol–water partition coefficient (Wildman–Crippen LogP) is 1.42. The van der Waals surface area contributed by atoms with Crippen LogP contribution in [0, 0.1) is 5.41 Å². The van der Waals surface area contributed by atoms with Gasteiger partial charge in [-0.1, -0.05) is 6.08 Å². The Hall–Kier alpha value is -1.69. The summed E-state index contributed by atoms with van der Waals surface area (Å²) in [7, 11) is 0. The van der Waals surface area contributed by atoms with Crippen molar-refractivity contribution in [2.45, 2.75) is 13.8 Å². The summed E-state index contributed by atoms with van der Waals surface area (Å²) in [5.41, 5.74) is 4.97. The third-order valence-electron chi connectivity index (χ3n) is 2.01. The molecule has 0 fully saturated rings. The Kier molecular flexibility index (Phi) is 3.44. The molecule has 5 nitrogen and oxygen atoms in total. The number of thiazole rings is 1. The third-order valence-corrected chi connectivity index (χ3v) is 2.69.